The van der Waals surface area contributed by atoms with Crippen LogP contribution in [0.5, 0.6) is 0 Å². The number of nitriles is 1. The van der Waals surface area contributed by atoms with E-state index >= 15 is 0 Å². The monoisotopic (exact) mass is 367 g/mol. The minimum Gasteiger partial charge on any atom is -0.338 e. The highest BCUT2D eigenvalue weighted by Crippen LogP contribution is 2.32. The first kappa shape index (κ1) is 18.6. The van der Waals surface area contributed by atoms with E-state index in [9.17, 15) is 14.4 Å². The standard InChI is InChI=1S/C20H22FN5O/c1-3-5-16(13(4-2)12-22)26-17-10-11-23-20(27)18(17)19(25-26)24-15-8-6-14(21)7-9-15/h6-11,13,16H,3-5H2,1-2H3,(H,23,27)(H,24,25)/t13-,16-/m0/s1. The Morgan fingerprint density at radius 1 is 1.30 bits per heavy atom. The topological polar surface area (TPSA) is 86.5 Å². The SMILES string of the molecule is CCC[C@@H]([C@H](C#N)CC)n1nc(Nc2ccc(F)cc2)c2c(=O)[nH]ccc21. The Bertz CT molecular complexity index is 1020. The highest BCUT2D eigenvalue weighted by molar-refractivity contribution is 5.91. The van der Waals surface area contributed by atoms with Gasteiger partial charge in [-0.05, 0) is 43.2 Å². The number of fused-ring (bicyclic) bond motifs is 1. The van der Waals surface area contributed by atoms with Crippen LogP contribution in [0.4, 0.5) is 15.9 Å². The Morgan fingerprint density at radius 2 is 2.04 bits per heavy atom. The van der Waals surface area contributed by atoms with Crippen molar-refractivity contribution >= 4 is 22.4 Å². The van der Waals surface area contributed by atoms with Crippen LogP contribution in [0.1, 0.15) is 39.2 Å². The van der Waals surface area contributed by atoms with Gasteiger partial charge in [-0.2, -0.15) is 10.4 Å². The molecule has 6 nitrogen and oxygen atoms in total. The second-order valence-corrected chi connectivity index (χ2v) is 6.49. The summed E-state index contributed by atoms with van der Waals surface area (Å²) in [6.45, 7) is 4.04. The summed E-state index contributed by atoms with van der Waals surface area (Å²) >= 11 is 0. The molecule has 3 rings (SSSR count). The van der Waals surface area contributed by atoms with Gasteiger partial charge in [0.2, 0.25) is 0 Å². The molecule has 3 aromatic rings. The number of benzene rings is 1. The van der Waals surface area contributed by atoms with Crippen molar-refractivity contribution in [2.24, 2.45) is 5.92 Å². The average Bonchev–Trinajstić information content (AvgIpc) is 3.03. The van der Waals surface area contributed by atoms with Crippen molar-refractivity contribution in [2.45, 2.75) is 39.2 Å². The lowest BCUT2D eigenvalue weighted by Gasteiger charge is -2.21. The molecule has 2 atom stereocenters. The van der Waals surface area contributed by atoms with Crippen LogP contribution >= 0.6 is 0 Å². The number of halogens is 1. The van der Waals surface area contributed by atoms with Gasteiger partial charge in [-0.15, -0.1) is 0 Å². The van der Waals surface area contributed by atoms with E-state index in [0.29, 0.717) is 28.8 Å². The molecule has 27 heavy (non-hydrogen) atoms. The molecule has 2 aromatic heterocycles. The Morgan fingerprint density at radius 3 is 2.67 bits per heavy atom. The van der Waals surface area contributed by atoms with Gasteiger partial charge in [-0.3, -0.25) is 9.48 Å². The van der Waals surface area contributed by atoms with Gasteiger partial charge >= 0.3 is 0 Å². The van der Waals surface area contributed by atoms with Crippen molar-refractivity contribution in [1.82, 2.24) is 14.8 Å². The number of aromatic nitrogens is 3. The van der Waals surface area contributed by atoms with E-state index in [0.717, 1.165) is 12.8 Å². The summed E-state index contributed by atoms with van der Waals surface area (Å²) in [6.07, 6.45) is 3.97. The fraction of sp³-hybridized carbons (Fsp3) is 0.350. The minimum absolute atomic E-state index is 0.127. The number of nitrogens with zero attached hydrogens (tertiary/aromatic N) is 3. The Hall–Kier alpha value is -3.14. The highest BCUT2D eigenvalue weighted by atomic mass is 19.1. The van der Waals surface area contributed by atoms with Crippen LogP contribution in [0.3, 0.4) is 0 Å². The summed E-state index contributed by atoms with van der Waals surface area (Å²) in [5.41, 5.74) is 1.05. The second kappa shape index (κ2) is 8.04. The summed E-state index contributed by atoms with van der Waals surface area (Å²) in [5.74, 6) is -0.144. The number of H-pyrrole nitrogens is 1. The second-order valence-electron chi connectivity index (χ2n) is 6.49. The zero-order valence-electron chi connectivity index (χ0n) is 15.4. The molecule has 0 amide bonds. The van der Waals surface area contributed by atoms with Crippen LogP contribution in [0.15, 0.2) is 41.3 Å². The molecule has 0 spiro atoms. The smallest absolute Gasteiger partial charge is 0.261 e. The fourth-order valence-electron chi connectivity index (χ4n) is 3.35. The molecule has 0 aliphatic heterocycles. The number of pyridine rings is 1. The number of anilines is 2. The zero-order valence-corrected chi connectivity index (χ0v) is 15.4. The van der Waals surface area contributed by atoms with Gasteiger partial charge < -0.3 is 10.3 Å². The van der Waals surface area contributed by atoms with Crippen molar-refractivity contribution in [2.75, 3.05) is 5.32 Å². The number of hydrogen-bond donors (Lipinski definition) is 2. The van der Waals surface area contributed by atoms with E-state index in [1.807, 2.05) is 6.92 Å². The molecule has 0 unspecified atom stereocenters. The van der Waals surface area contributed by atoms with Gasteiger partial charge in [-0.25, -0.2) is 4.39 Å². The van der Waals surface area contributed by atoms with Crippen molar-refractivity contribution in [3.63, 3.8) is 0 Å². The molecule has 1 aromatic carbocycles. The van der Waals surface area contributed by atoms with Crippen molar-refractivity contribution in [3.8, 4) is 6.07 Å². The van der Waals surface area contributed by atoms with Gasteiger partial charge in [0.1, 0.15) is 11.2 Å². The molecule has 0 fully saturated rings. The largest absolute Gasteiger partial charge is 0.338 e. The fourth-order valence-corrected chi connectivity index (χ4v) is 3.35. The quantitative estimate of drug-likeness (QED) is 0.644. The molecular weight excluding hydrogens is 345 g/mol. The molecule has 0 radical (unpaired) electrons. The molecule has 2 heterocycles. The summed E-state index contributed by atoms with van der Waals surface area (Å²) in [5, 5.41) is 17.7. The van der Waals surface area contributed by atoms with E-state index in [1.165, 1.54) is 12.1 Å². The minimum atomic E-state index is -0.336. The van der Waals surface area contributed by atoms with Crippen LogP contribution in [-0.4, -0.2) is 14.8 Å². The number of hydrogen-bond acceptors (Lipinski definition) is 4. The van der Waals surface area contributed by atoms with Crippen LogP contribution in [0.25, 0.3) is 10.9 Å². The normalized spacial score (nSPS) is 13.3. The van der Waals surface area contributed by atoms with Crippen molar-refractivity contribution < 1.29 is 4.39 Å². The molecule has 0 aliphatic rings. The molecule has 7 heteroatoms. The summed E-state index contributed by atoms with van der Waals surface area (Å²) in [4.78, 5) is 15.1. The van der Waals surface area contributed by atoms with Crippen LogP contribution in [0.2, 0.25) is 0 Å². The Kier molecular flexibility index (Phi) is 5.55. The average molecular weight is 367 g/mol. The summed E-state index contributed by atoms with van der Waals surface area (Å²) < 4.78 is 15.0. The number of aromatic amines is 1. The molecule has 0 saturated heterocycles. The Labute approximate surface area is 156 Å². The van der Waals surface area contributed by atoms with Gasteiger partial charge in [0.15, 0.2) is 5.82 Å². The Balaban J connectivity index is 2.14. The summed E-state index contributed by atoms with van der Waals surface area (Å²) in [7, 11) is 0. The first-order chi connectivity index (χ1) is 13.1. The zero-order chi connectivity index (χ0) is 19.4. The first-order valence-electron chi connectivity index (χ1n) is 9.11. The molecule has 2 N–H and O–H groups in total. The van der Waals surface area contributed by atoms with E-state index in [2.05, 4.69) is 28.4 Å². The summed E-state index contributed by atoms with van der Waals surface area (Å²) in [6, 6.07) is 9.90. The van der Waals surface area contributed by atoms with Gasteiger partial charge in [0.05, 0.1) is 23.5 Å². The van der Waals surface area contributed by atoms with Crippen LogP contribution in [0, 0.1) is 23.1 Å². The van der Waals surface area contributed by atoms with E-state index in [4.69, 9.17) is 0 Å². The van der Waals surface area contributed by atoms with E-state index in [1.54, 1.807) is 29.1 Å². The van der Waals surface area contributed by atoms with Gasteiger partial charge in [0, 0.05) is 11.9 Å². The molecule has 0 bridgehead atoms. The lowest BCUT2D eigenvalue weighted by atomic mass is 9.95. The first-order valence-corrected chi connectivity index (χ1v) is 9.11. The lowest BCUT2D eigenvalue weighted by molar-refractivity contribution is 0.340. The van der Waals surface area contributed by atoms with Gasteiger partial charge in [0.25, 0.3) is 5.56 Å². The third-order valence-corrected chi connectivity index (χ3v) is 4.71. The van der Waals surface area contributed by atoms with Crippen LogP contribution in [-0.2, 0) is 0 Å². The predicted molar refractivity (Wildman–Crippen MR) is 103 cm³/mol. The maximum atomic E-state index is 13.2. The molecule has 0 aliphatic carbocycles. The number of nitrogens with one attached hydrogen (secondary N) is 2. The molecular formula is C20H22FN5O. The third kappa shape index (κ3) is 3.70. The maximum absolute atomic E-state index is 13.2. The highest BCUT2D eigenvalue weighted by Gasteiger charge is 2.25. The van der Waals surface area contributed by atoms with Crippen molar-refractivity contribution in [1.29, 1.82) is 5.26 Å². The predicted octanol–water partition coefficient (Wildman–Crippen LogP) is 4.50. The van der Waals surface area contributed by atoms with Gasteiger partial charge in [-0.1, -0.05) is 20.3 Å². The van der Waals surface area contributed by atoms with E-state index < -0.39 is 0 Å². The lowest BCUT2D eigenvalue weighted by Crippen LogP contribution is -2.19. The van der Waals surface area contributed by atoms with E-state index in [-0.39, 0.29) is 23.3 Å². The van der Waals surface area contributed by atoms with Crippen LogP contribution < -0.4 is 10.9 Å². The van der Waals surface area contributed by atoms with Crippen molar-refractivity contribution in [3.05, 3.63) is 52.7 Å². The molecule has 140 valence electrons. The third-order valence-electron chi connectivity index (χ3n) is 4.71. The number of rotatable bonds is 7. The molecule has 0 saturated carbocycles. The maximum Gasteiger partial charge on any atom is 0.261 e.